The highest BCUT2D eigenvalue weighted by Crippen LogP contribution is 2.38. The molecular formula is C23H21ClF4IN3O2S. The van der Waals surface area contributed by atoms with Crippen molar-refractivity contribution in [3.05, 3.63) is 79.0 Å². The van der Waals surface area contributed by atoms with Gasteiger partial charge in [-0.2, -0.15) is 13.2 Å². The van der Waals surface area contributed by atoms with Gasteiger partial charge in [-0.25, -0.2) is 9.18 Å². The minimum atomic E-state index is -4.64. The maximum Gasteiger partial charge on any atom is 0.416 e. The Kier molecular flexibility index (Phi) is 8.86. The third kappa shape index (κ3) is 6.76. The second-order valence-electron chi connectivity index (χ2n) is 7.88. The molecule has 188 valence electrons. The van der Waals surface area contributed by atoms with Crippen LogP contribution in [-0.4, -0.2) is 22.3 Å². The Hall–Kier alpha value is -2.12. The first-order chi connectivity index (χ1) is 16.4. The summed E-state index contributed by atoms with van der Waals surface area (Å²) in [6, 6.07) is 6.38. The molecule has 0 unspecified atom stereocenters. The lowest BCUT2D eigenvalue weighted by molar-refractivity contribution is -0.137. The largest absolute Gasteiger partial charge is 0.416 e. The molecular weight excluding hydrogens is 621 g/mol. The number of benzene rings is 2. The molecule has 1 aliphatic rings. The SMILES string of the molecule is C=Ic1cc(C(F)(F)F)cc([C@@](Cc2ccc(F)cc2Cl)(NC(=O)NC(C)C)C2=NOSC=C2)c1. The van der Waals surface area contributed by atoms with E-state index >= 15 is 0 Å². The zero-order valence-corrected chi connectivity index (χ0v) is 22.3. The van der Waals surface area contributed by atoms with Crippen LogP contribution in [0, 0.1) is 9.39 Å². The lowest BCUT2D eigenvalue weighted by atomic mass is 9.79. The highest BCUT2D eigenvalue weighted by atomic mass is 127. The van der Waals surface area contributed by atoms with E-state index in [0.717, 1.165) is 30.2 Å². The standard InChI is InChI=1S/C23H21ClF4IN3O2S/c1-13(2)30-21(33)31-22(20-6-7-35-34-32-20,12-14-4-5-17(25)11-19(14)24)15-8-16(23(26,27)28)10-18(9-15)29-3/h4-11,13H,3,12H2,1-2H3,(H2,30,31,33)/t22-/m1/s1. The van der Waals surface area contributed by atoms with E-state index in [2.05, 4.69) is 20.3 Å². The van der Waals surface area contributed by atoms with Crippen molar-refractivity contribution in [3.63, 3.8) is 0 Å². The summed E-state index contributed by atoms with van der Waals surface area (Å²) >= 11 is 6.22. The number of nitrogens with one attached hydrogen (secondary N) is 2. The van der Waals surface area contributed by atoms with Crippen molar-refractivity contribution in [2.24, 2.45) is 5.16 Å². The highest BCUT2D eigenvalue weighted by molar-refractivity contribution is 14.2. The molecule has 35 heavy (non-hydrogen) atoms. The predicted molar refractivity (Wildman–Crippen MR) is 140 cm³/mol. The number of alkyl halides is 3. The Bertz CT molecular complexity index is 1190. The fraction of sp³-hybridized carbons (Fsp3) is 0.261. The van der Waals surface area contributed by atoms with Gasteiger partial charge in [-0.05, 0) is 61.4 Å². The summed E-state index contributed by atoms with van der Waals surface area (Å²) in [6.07, 6.45) is -3.23. The van der Waals surface area contributed by atoms with Crippen molar-refractivity contribution in [2.75, 3.05) is 0 Å². The molecule has 0 saturated carbocycles. The molecule has 1 atom stereocenters. The maximum atomic E-state index is 13.8. The molecule has 1 heterocycles. The van der Waals surface area contributed by atoms with Crippen molar-refractivity contribution in [3.8, 4) is 0 Å². The van der Waals surface area contributed by atoms with Gasteiger partial charge in [0.1, 0.15) is 29.1 Å². The smallest absolute Gasteiger partial charge is 0.336 e. The minimum Gasteiger partial charge on any atom is -0.336 e. The molecule has 0 fully saturated rings. The average molecular weight is 642 g/mol. The summed E-state index contributed by atoms with van der Waals surface area (Å²) < 4.78 is 64.6. The van der Waals surface area contributed by atoms with Crippen LogP contribution in [0.3, 0.4) is 0 Å². The van der Waals surface area contributed by atoms with Gasteiger partial charge in [-0.3, -0.25) is 0 Å². The van der Waals surface area contributed by atoms with Crippen LogP contribution in [-0.2, 0) is 22.4 Å². The van der Waals surface area contributed by atoms with Crippen LogP contribution in [0.15, 0.2) is 53.0 Å². The van der Waals surface area contributed by atoms with Crippen molar-refractivity contribution in [1.82, 2.24) is 10.6 Å². The molecule has 0 aliphatic carbocycles. The Morgan fingerprint density at radius 1 is 1.23 bits per heavy atom. The molecule has 3 rings (SSSR count). The van der Waals surface area contributed by atoms with E-state index in [0.29, 0.717) is 9.13 Å². The summed E-state index contributed by atoms with van der Waals surface area (Å²) in [5.41, 5.74) is -1.89. The van der Waals surface area contributed by atoms with Crippen LogP contribution in [0.25, 0.3) is 0 Å². The molecule has 0 saturated heterocycles. The van der Waals surface area contributed by atoms with E-state index in [4.69, 9.17) is 15.9 Å². The van der Waals surface area contributed by atoms with E-state index < -0.39 is 49.9 Å². The van der Waals surface area contributed by atoms with Crippen LogP contribution < -0.4 is 10.6 Å². The molecule has 0 bridgehead atoms. The van der Waals surface area contributed by atoms with Crippen LogP contribution >= 0.6 is 44.4 Å². The van der Waals surface area contributed by atoms with Gasteiger partial charge < -0.3 is 14.9 Å². The van der Waals surface area contributed by atoms with E-state index in [1.165, 1.54) is 12.1 Å². The average Bonchev–Trinajstić information content (AvgIpc) is 2.79. The number of rotatable bonds is 7. The Morgan fingerprint density at radius 2 is 1.94 bits per heavy atom. The maximum absolute atomic E-state index is 13.8. The first kappa shape index (κ1) is 27.5. The Balaban J connectivity index is 2.32. The molecule has 0 spiro atoms. The molecule has 5 nitrogen and oxygen atoms in total. The number of hydrogen-bond donors (Lipinski definition) is 2. The van der Waals surface area contributed by atoms with Gasteiger partial charge in [0.25, 0.3) is 0 Å². The molecule has 1 aliphatic heterocycles. The molecule has 2 aromatic rings. The van der Waals surface area contributed by atoms with Crippen molar-refractivity contribution < 1.29 is 26.6 Å². The van der Waals surface area contributed by atoms with Gasteiger partial charge in [0.05, 0.1) is 5.56 Å². The van der Waals surface area contributed by atoms with Crippen molar-refractivity contribution >= 4 is 60.6 Å². The van der Waals surface area contributed by atoms with Gasteiger partial charge in [0, 0.05) is 26.5 Å². The monoisotopic (exact) mass is 641 g/mol. The first-order valence-electron chi connectivity index (χ1n) is 10.2. The summed E-state index contributed by atoms with van der Waals surface area (Å²) in [5.74, 6) is -0.576. The minimum absolute atomic E-state index is 0.0490. The summed E-state index contributed by atoms with van der Waals surface area (Å²) in [7, 11) is 0. The fourth-order valence-corrected chi connectivity index (χ4v) is 5.17. The topological polar surface area (TPSA) is 62.7 Å². The number of urea groups is 1. The predicted octanol–water partition coefficient (Wildman–Crippen LogP) is 6.76. The summed E-state index contributed by atoms with van der Waals surface area (Å²) in [4.78, 5) is 13.0. The molecule has 2 amide bonds. The van der Waals surface area contributed by atoms with Gasteiger partial charge in [0.15, 0.2) is 0 Å². The molecule has 0 aromatic heterocycles. The third-order valence-corrected chi connectivity index (χ3v) is 7.25. The lowest BCUT2D eigenvalue weighted by Crippen LogP contribution is -2.57. The van der Waals surface area contributed by atoms with Crippen LogP contribution in [0.2, 0.25) is 5.02 Å². The molecule has 2 N–H and O–H groups in total. The van der Waals surface area contributed by atoms with E-state index in [1.54, 1.807) is 31.4 Å². The Labute approximate surface area is 219 Å². The van der Waals surface area contributed by atoms with Crippen molar-refractivity contribution in [2.45, 2.75) is 38.0 Å². The third-order valence-electron chi connectivity index (χ3n) is 4.99. The first-order valence-corrected chi connectivity index (χ1v) is 13.9. The number of nitrogens with zero attached hydrogens (tertiary/aromatic N) is 1. The second kappa shape index (κ2) is 11.3. The number of carbonyl (C=O) groups is 1. The normalized spacial score (nSPS) is 15.3. The van der Waals surface area contributed by atoms with Crippen LogP contribution in [0.5, 0.6) is 0 Å². The Morgan fingerprint density at radius 3 is 2.51 bits per heavy atom. The van der Waals surface area contributed by atoms with Crippen molar-refractivity contribution in [1.29, 1.82) is 0 Å². The number of carbonyl (C=O) groups excluding carboxylic acids is 1. The molecule has 0 radical (unpaired) electrons. The zero-order valence-electron chi connectivity index (χ0n) is 18.6. The number of halogens is 6. The number of amides is 2. The van der Waals surface area contributed by atoms with Crippen LogP contribution in [0.4, 0.5) is 22.4 Å². The van der Waals surface area contributed by atoms with E-state index in [1.807, 2.05) is 0 Å². The second-order valence-corrected chi connectivity index (χ2v) is 10.9. The summed E-state index contributed by atoms with van der Waals surface area (Å²) in [6.45, 7) is 3.48. The molecule has 12 heteroatoms. The van der Waals surface area contributed by atoms with Gasteiger partial charge in [0.2, 0.25) is 0 Å². The molecule has 2 aromatic carbocycles. The fourth-order valence-electron chi connectivity index (χ4n) is 3.47. The van der Waals surface area contributed by atoms with Gasteiger partial charge in [-0.15, -0.1) is 0 Å². The lowest BCUT2D eigenvalue weighted by Gasteiger charge is -2.37. The number of oxime groups is 1. The van der Waals surface area contributed by atoms with Gasteiger partial charge in [-0.1, -0.05) is 48.1 Å². The van der Waals surface area contributed by atoms with Crippen LogP contribution in [0.1, 0.15) is 30.5 Å². The zero-order chi connectivity index (χ0) is 25.8. The van der Waals surface area contributed by atoms with Gasteiger partial charge >= 0.3 is 12.2 Å². The summed E-state index contributed by atoms with van der Waals surface area (Å²) in [5, 5.41) is 11.2. The quantitative estimate of drug-likeness (QED) is 0.200. The van der Waals surface area contributed by atoms with E-state index in [9.17, 15) is 22.4 Å². The number of hydrogen-bond acceptors (Lipinski definition) is 4. The van der Waals surface area contributed by atoms with E-state index in [-0.39, 0.29) is 28.8 Å². The highest BCUT2D eigenvalue weighted by Gasteiger charge is 2.43.